The zero-order valence-corrected chi connectivity index (χ0v) is 16.7. The molecule has 148 valence electrons. The Morgan fingerprint density at radius 1 is 1.00 bits per heavy atom. The lowest BCUT2D eigenvalue weighted by Gasteiger charge is -2.20. The normalized spacial score (nSPS) is 21.5. The summed E-state index contributed by atoms with van der Waals surface area (Å²) in [5.41, 5.74) is 3.90. The van der Waals surface area contributed by atoms with Crippen LogP contribution in [-0.2, 0) is 17.6 Å². The van der Waals surface area contributed by atoms with Crippen molar-refractivity contribution in [3.05, 3.63) is 59.2 Å². The van der Waals surface area contributed by atoms with Crippen molar-refractivity contribution in [2.24, 2.45) is 5.92 Å². The molecule has 4 rings (SSSR count). The Labute approximate surface area is 166 Å². The number of hydrogen-bond donors (Lipinski definition) is 0. The Balaban J connectivity index is 1.53. The van der Waals surface area contributed by atoms with Crippen molar-refractivity contribution < 1.29 is 19.0 Å². The van der Waals surface area contributed by atoms with Crippen LogP contribution in [0.2, 0.25) is 0 Å². The van der Waals surface area contributed by atoms with E-state index in [2.05, 4.69) is 43.3 Å². The van der Waals surface area contributed by atoms with Crippen LogP contribution in [0.15, 0.2) is 42.5 Å². The molecule has 1 amide bonds. The number of rotatable bonds is 4. The van der Waals surface area contributed by atoms with E-state index < -0.39 is 0 Å². The summed E-state index contributed by atoms with van der Waals surface area (Å²) in [6, 6.07) is 14.6. The number of carbonyl (C=O) groups excluding carboxylic acids is 1. The fourth-order valence-electron chi connectivity index (χ4n) is 4.48. The minimum Gasteiger partial charge on any atom is -0.493 e. The van der Waals surface area contributed by atoms with E-state index in [1.54, 1.807) is 12.0 Å². The maximum atomic E-state index is 11.9. The summed E-state index contributed by atoms with van der Waals surface area (Å²) in [6.45, 7) is 3.54. The van der Waals surface area contributed by atoms with Crippen LogP contribution in [0.25, 0.3) is 0 Å². The third kappa shape index (κ3) is 3.53. The molecule has 2 aromatic rings. The van der Waals surface area contributed by atoms with Crippen molar-refractivity contribution in [3.8, 4) is 11.5 Å². The van der Waals surface area contributed by atoms with Crippen LogP contribution in [0.1, 0.15) is 29.5 Å². The van der Waals surface area contributed by atoms with Crippen LogP contribution >= 0.6 is 0 Å². The Morgan fingerprint density at radius 3 is 2.36 bits per heavy atom. The Hall–Kier alpha value is -2.69. The summed E-state index contributed by atoms with van der Waals surface area (Å²) >= 11 is 0. The van der Waals surface area contributed by atoms with Gasteiger partial charge in [-0.2, -0.15) is 0 Å². The second-order valence-electron chi connectivity index (χ2n) is 7.79. The zero-order chi connectivity index (χ0) is 19.7. The minimum atomic E-state index is -0.261. The molecule has 0 aromatic heterocycles. The summed E-state index contributed by atoms with van der Waals surface area (Å²) in [5.74, 6) is 2.14. The summed E-state index contributed by atoms with van der Waals surface area (Å²) in [5, 5.41) is 0. The van der Waals surface area contributed by atoms with Crippen LogP contribution in [0.5, 0.6) is 11.5 Å². The summed E-state index contributed by atoms with van der Waals surface area (Å²) in [7, 11) is 3.10. The SMILES string of the molecule is COC(=O)N1C[C@H](C)[C@H](c2ccc(OC)c(OC3Cc4ccccc4C3)c2)C1. The standard InChI is InChI=1S/C23H27NO4/c1-15-13-24(23(25)27-3)14-20(15)18-8-9-21(26-2)22(12-18)28-19-10-16-6-4-5-7-17(16)11-19/h4-9,12,15,19-20H,10-11,13-14H2,1-3H3/t15-,20+/m0/s1. The molecular formula is C23H27NO4. The fraction of sp³-hybridized carbons (Fsp3) is 0.435. The van der Waals surface area contributed by atoms with E-state index >= 15 is 0 Å². The lowest BCUT2D eigenvalue weighted by molar-refractivity contribution is 0.131. The highest BCUT2D eigenvalue weighted by Crippen LogP contribution is 2.38. The maximum absolute atomic E-state index is 11.9. The molecular weight excluding hydrogens is 354 g/mol. The number of likely N-dealkylation sites (tertiary alicyclic amines) is 1. The van der Waals surface area contributed by atoms with Crippen LogP contribution in [-0.4, -0.2) is 44.4 Å². The molecule has 28 heavy (non-hydrogen) atoms. The smallest absolute Gasteiger partial charge is 0.409 e. The topological polar surface area (TPSA) is 48.0 Å². The van der Waals surface area contributed by atoms with E-state index in [9.17, 15) is 4.79 Å². The average Bonchev–Trinajstić information content (AvgIpc) is 3.30. The van der Waals surface area contributed by atoms with Gasteiger partial charge in [0, 0.05) is 31.8 Å². The third-order valence-corrected chi connectivity index (χ3v) is 5.97. The van der Waals surface area contributed by atoms with Crippen molar-refractivity contribution >= 4 is 6.09 Å². The van der Waals surface area contributed by atoms with Crippen LogP contribution < -0.4 is 9.47 Å². The van der Waals surface area contributed by atoms with Gasteiger partial charge < -0.3 is 19.1 Å². The molecule has 1 aliphatic carbocycles. The van der Waals surface area contributed by atoms with Gasteiger partial charge in [-0.1, -0.05) is 37.3 Å². The first kappa shape index (κ1) is 18.7. The number of methoxy groups -OCH3 is 2. The van der Waals surface area contributed by atoms with Gasteiger partial charge in [0.25, 0.3) is 0 Å². The first-order chi connectivity index (χ1) is 13.6. The van der Waals surface area contributed by atoms with E-state index in [4.69, 9.17) is 14.2 Å². The largest absolute Gasteiger partial charge is 0.493 e. The van der Waals surface area contributed by atoms with Gasteiger partial charge in [0.05, 0.1) is 14.2 Å². The van der Waals surface area contributed by atoms with Crippen LogP contribution in [0.3, 0.4) is 0 Å². The van der Waals surface area contributed by atoms with Gasteiger partial charge in [-0.15, -0.1) is 0 Å². The quantitative estimate of drug-likeness (QED) is 0.802. The summed E-state index contributed by atoms with van der Waals surface area (Å²) < 4.78 is 16.8. The highest BCUT2D eigenvalue weighted by Gasteiger charge is 2.34. The van der Waals surface area contributed by atoms with Gasteiger partial charge in [-0.25, -0.2) is 4.79 Å². The molecule has 1 fully saturated rings. The summed E-state index contributed by atoms with van der Waals surface area (Å²) in [6.07, 6.45) is 1.69. The first-order valence-electron chi connectivity index (χ1n) is 9.83. The predicted octanol–water partition coefficient (Wildman–Crippen LogP) is 4.04. The highest BCUT2D eigenvalue weighted by atomic mass is 16.5. The van der Waals surface area contributed by atoms with Crippen LogP contribution in [0, 0.1) is 5.92 Å². The second kappa shape index (κ2) is 7.74. The Morgan fingerprint density at radius 2 is 1.71 bits per heavy atom. The lowest BCUT2D eigenvalue weighted by atomic mass is 9.90. The molecule has 0 radical (unpaired) electrons. The van der Waals surface area contributed by atoms with Crippen molar-refractivity contribution in [1.82, 2.24) is 4.90 Å². The number of nitrogens with zero attached hydrogens (tertiary/aromatic N) is 1. The van der Waals surface area contributed by atoms with E-state index in [0.29, 0.717) is 19.0 Å². The monoisotopic (exact) mass is 381 g/mol. The molecule has 1 aliphatic heterocycles. The van der Waals surface area contributed by atoms with E-state index in [1.165, 1.54) is 23.8 Å². The number of ether oxygens (including phenoxy) is 3. The number of carbonyl (C=O) groups is 1. The third-order valence-electron chi connectivity index (χ3n) is 5.97. The number of fused-ring (bicyclic) bond motifs is 1. The molecule has 1 heterocycles. The first-order valence-corrected chi connectivity index (χ1v) is 9.83. The maximum Gasteiger partial charge on any atom is 0.409 e. The van der Waals surface area contributed by atoms with Gasteiger partial charge in [0.15, 0.2) is 11.5 Å². The molecule has 2 aromatic carbocycles. The Bertz CT molecular complexity index is 840. The summed E-state index contributed by atoms with van der Waals surface area (Å²) in [4.78, 5) is 13.7. The highest BCUT2D eigenvalue weighted by molar-refractivity contribution is 5.68. The second-order valence-corrected chi connectivity index (χ2v) is 7.79. The van der Waals surface area contributed by atoms with Gasteiger partial charge in [-0.05, 0) is 34.7 Å². The molecule has 1 saturated heterocycles. The van der Waals surface area contributed by atoms with Gasteiger partial charge in [0.2, 0.25) is 0 Å². The van der Waals surface area contributed by atoms with Gasteiger partial charge in [0.1, 0.15) is 6.10 Å². The molecule has 5 nitrogen and oxygen atoms in total. The number of hydrogen-bond acceptors (Lipinski definition) is 4. The van der Waals surface area contributed by atoms with Crippen molar-refractivity contribution in [2.45, 2.75) is 31.8 Å². The van der Waals surface area contributed by atoms with Crippen molar-refractivity contribution in [1.29, 1.82) is 0 Å². The molecule has 0 saturated carbocycles. The van der Waals surface area contributed by atoms with E-state index in [1.807, 2.05) is 6.07 Å². The van der Waals surface area contributed by atoms with E-state index in [0.717, 1.165) is 24.3 Å². The minimum absolute atomic E-state index is 0.120. The Kier molecular flexibility index (Phi) is 5.16. The van der Waals surface area contributed by atoms with Crippen LogP contribution in [0.4, 0.5) is 4.79 Å². The van der Waals surface area contributed by atoms with Crippen molar-refractivity contribution in [2.75, 3.05) is 27.3 Å². The number of benzene rings is 2. The zero-order valence-electron chi connectivity index (χ0n) is 16.7. The van der Waals surface area contributed by atoms with Gasteiger partial charge in [-0.3, -0.25) is 0 Å². The number of amides is 1. The molecule has 2 atom stereocenters. The molecule has 0 spiro atoms. The molecule has 2 aliphatic rings. The molecule has 0 N–H and O–H groups in total. The molecule has 0 bridgehead atoms. The fourth-order valence-corrected chi connectivity index (χ4v) is 4.48. The predicted molar refractivity (Wildman–Crippen MR) is 107 cm³/mol. The van der Waals surface area contributed by atoms with E-state index in [-0.39, 0.29) is 18.1 Å². The molecule has 0 unspecified atom stereocenters. The average molecular weight is 381 g/mol. The van der Waals surface area contributed by atoms with Gasteiger partial charge >= 0.3 is 6.09 Å². The lowest BCUT2D eigenvalue weighted by Crippen LogP contribution is -2.28. The van der Waals surface area contributed by atoms with Crippen molar-refractivity contribution in [3.63, 3.8) is 0 Å². The molecule has 5 heteroatoms.